The SMILES string of the molecule is CCc1c(Nc2cc(C)[nH]n2)nc(Sc2ccc(SCc3ccccc3)cc2)nc1N1CCOC(C)C1. The van der Waals surface area contributed by atoms with Crippen molar-refractivity contribution in [3.8, 4) is 0 Å². The number of aryl methyl sites for hydroxylation is 1. The molecule has 0 amide bonds. The van der Waals surface area contributed by atoms with E-state index in [0.717, 1.165) is 58.9 Å². The zero-order chi connectivity index (χ0) is 25.6. The van der Waals surface area contributed by atoms with E-state index in [1.807, 2.05) is 24.8 Å². The van der Waals surface area contributed by atoms with Crippen LogP contribution in [0.25, 0.3) is 0 Å². The number of aromatic amines is 1. The number of benzene rings is 2. The van der Waals surface area contributed by atoms with Crippen LogP contribution in [0.3, 0.4) is 0 Å². The molecule has 192 valence electrons. The van der Waals surface area contributed by atoms with E-state index in [9.17, 15) is 0 Å². The maximum absolute atomic E-state index is 5.79. The lowest BCUT2D eigenvalue weighted by molar-refractivity contribution is 0.0528. The van der Waals surface area contributed by atoms with Crippen molar-refractivity contribution in [3.05, 3.63) is 77.5 Å². The number of ether oxygens (including phenoxy) is 1. The second kappa shape index (κ2) is 12.0. The first-order valence-electron chi connectivity index (χ1n) is 12.6. The molecule has 0 saturated carbocycles. The number of hydrogen-bond donors (Lipinski definition) is 2. The molecule has 1 fully saturated rings. The van der Waals surface area contributed by atoms with Crippen molar-refractivity contribution in [1.29, 1.82) is 0 Å². The van der Waals surface area contributed by atoms with Crippen LogP contribution in [-0.4, -0.2) is 46.0 Å². The molecule has 2 N–H and O–H groups in total. The smallest absolute Gasteiger partial charge is 0.196 e. The van der Waals surface area contributed by atoms with Crippen LogP contribution in [0.4, 0.5) is 17.5 Å². The van der Waals surface area contributed by atoms with E-state index in [2.05, 4.69) is 88.9 Å². The topological polar surface area (TPSA) is 79.0 Å². The van der Waals surface area contributed by atoms with Crippen LogP contribution in [0.1, 0.15) is 30.7 Å². The van der Waals surface area contributed by atoms with Gasteiger partial charge in [0.1, 0.15) is 11.6 Å². The van der Waals surface area contributed by atoms with Crippen molar-refractivity contribution in [1.82, 2.24) is 20.2 Å². The van der Waals surface area contributed by atoms with Gasteiger partial charge in [-0.1, -0.05) is 37.3 Å². The number of nitrogens with zero attached hydrogens (tertiary/aromatic N) is 4. The molecule has 7 nitrogen and oxygen atoms in total. The maximum Gasteiger partial charge on any atom is 0.196 e. The van der Waals surface area contributed by atoms with E-state index in [-0.39, 0.29) is 6.10 Å². The molecular weight excluding hydrogens is 500 g/mol. The summed E-state index contributed by atoms with van der Waals surface area (Å²) in [7, 11) is 0. The Hall–Kier alpha value is -3.01. The van der Waals surface area contributed by atoms with E-state index in [4.69, 9.17) is 14.7 Å². The van der Waals surface area contributed by atoms with Gasteiger partial charge in [-0.15, -0.1) is 11.8 Å². The molecule has 1 aliphatic rings. The molecule has 1 aliphatic heterocycles. The van der Waals surface area contributed by atoms with Gasteiger partial charge in [-0.25, -0.2) is 9.97 Å². The van der Waals surface area contributed by atoms with E-state index in [0.29, 0.717) is 11.8 Å². The van der Waals surface area contributed by atoms with Gasteiger partial charge in [0.2, 0.25) is 0 Å². The van der Waals surface area contributed by atoms with Gasteiger partial charge in [-0.3, -0.25) is 5.10 Å². The average Bonchev–Trinajstić information content (AvgIpc) is 3.33. The molecule has 0 aliphatic carbocycles. The molecule has 0 bridgehead atoms. The van der Waals surface area contributed by atoms with Crippen LogP contribution in [0.2, 0.25) is 0 Å². The highest BCUT2D eigenvalue weighted by Crippen LogP contribution is 2.34. The third-order valence-corrected chi connectivity index (χ3v) is 8.05. The van der Waals surface area contributed by atoms with E-state index in [1.165, 1.54) is 10.5 Å². The van der Waals surface area contributed by atoms with Gasteiger partial charge in [-0.05, 0) is 61.9 Å². The van der Waals surface area contributed by atoms with Crippen molar-refractivity contribution < 1.29 is 4.74 Å². The van der Waals surface area contributed by atoms with Crippen molar-refractivity contribution in [2.24, 2.45) is 0 Å². The number of aromatic nitrogens is 4. The number of rotatable bonds is 9. The zero-order valence-electron chi connectivity index (χ0n) is 21.4. The van der Waals surface area contributed by atoms with Gasteiger partial charge < -0.3 is 15.0 Å². The lowest BCUT2D eigenvalue weighted by atomic mass is 10.2. The molecule has 5 rings (SSSR count). The first-order chi connectivity index (χ1) is 18.1. The van der Waals surface area contributed by atoms with E-state index < -0.39 is 0 Å². The molecule has 1 atom stereocenters. The number of H-pyrrole nitrogens is 1. The Labute approximate surface area is 226 Å². The Balaban J connectivity index is 1.39. The second-order valence-electron chi connectivity index (χ2n) is 9.05. The maximum atomic E-state index is 5.79. The highest BCUT2D eigenvalue weighted by Gasteiger charge is 2.24. The summed E-state index contributed by atoms with van der Waals surface area (Å²) in [5.41, 5.74) is 3.41. The number of thioether (sulfide) groups is 1. The van der Waals surface area contributed by atoms with Crippen LogP contribution >= 0.6 is 23.5 Å². The quantitative estimate of drug-likeness (QED) is 0.187. The summed E-state index contributed by atoms with van der Waals surface area (Å²) >= 11 is 3.42. The number of hydrogen-bond acceptors (Lipinski definition) is 8. The summed E-state index contributed by atoms with van der Waals surface area (Å²) in [5, 5.41) is 11.5. The van der Waals surface area contributed by atoms with E-state index in [1.54, 1.807) is 11.8 Å². The third-order valence-electron chi connectivity index (χ3n) is 6.09. The molecule has 2 aromatic carbocycles. The van der Waals surface area contributed by atoms with Crippen LogP contribution in [0, 0.1) is 6.92 Å². The second-order valence-corrected chi connectivity index (χ2v) is 11.1. The molecule has 9 heteroatoms. The summed E-state index contributed by atoms with van der Waals surface area (Å²) in [4.78, 5) is 14.7. The highest BCUT2D eigenvalue weighted by atomic mass is 32.2. The van der Waals surface area contributed by atoms with Crippen LogP contribution in [-0.2, 0) is 16.9 Å². The normalized spacial score (nSPS) is 15.6. The van der Waals surface area contributed by atoms with Crippen LogP contribution < -0.4 is 10.2 Å². The van der Waals surface area contributed by atoms with Gasteiger partial charge in [-0.2, -0.15) is 5.10 Å². The van der Waals surface area contributed by atoms with Gasteiger partial charge in [0, 0.05) is 46.0 Å². The number of morpholine rings is 1. The van der Waals surface area contributed by atoms with Crippen molar-refractivity contribution in [2.45, 2.75) is 54.0 Å². The van der Waals surface area contributed by atoms with Gasteiger partial charge in [0.15, 0.2) is 11.0 Å². The minimum Gasteiger partial charge on any atom is -0.375 e. The fourth-order valence-corrected chi connectivity index (χ4v) is 5.86. The summed E-state index contributed by atoms with van der Waals surface area (Å²) in [6.45, 7) is 8.56. The fourth-order valence-electron chi connectivity index (χ4n) is 4.25. The standard InChI is InChI=1S/C28H32N6OS2/c1-4-24-26(29-25-16-19(2)32-33-25)30-28(31-27(24)34-14-15-35-20(3)17-34)37-23-12-10-22(11-13-23)36-18-21-8-6-5-7-9-21/h5-13,16,20H,4,14-15,17-18H2,1-3H3,(H2,29,30,31,32,33). The van der Waals surface area contributed by atoms with Crippen molar-refractivity contribution in [3.63, 3.8) is 0 Å². The molecule has 2 aromatic heterocycles. The summed E-state index contributed by atoms with van der Waals surface area (Å²) in [6, 6.07) is 21.2. The van der Waals surface area contributed by atoms with Crippen molar-refractivity contribution >= 4 is 41.0 Å². The Kier molecular flexibility index (Phi) is 8.33. The lowest BCUT2D eigenvalue weighted by Crippen LogP contribution is -2.42. The Morgan fingerprint density at radius 2 is 1.86 bits per heavy atom. The Morgan fingerprint density at radius 3 is 2.57 bits per heavy atom. The Morgan fingerprint density at radius 1 is 1.08 bits per heavy atom. The molecule has 1 unspecified atom stereocenters. The van der Waals surface area contributed by atoms with Crippen molar-refractivity contribution in [2.75, 3.05) is 29.9 Å². The van der Waals surface area contributed by atoms with Gasteiger partial charge >= 0.3 is 0 Å². The van der Waals surface area contributed by atoms with Crippen LogP contribution in [0.5, 0.6) is 0 Å². The molecule has 0 spiro atoms. The Bertz CT molecular complexity index is 1310. The average molecular weight is 533 g/mol. The third kappa shape index (κ3) is 6.66. The monoisotopic (exact) mass is 532 g/mol. The molecule has 3 heterocycles. The number of anilines is 3. The fraction of sp³-hybridized carbons (Fsp3) is 0.321. The summed E-state index contributed by atoms with van der Waals surface area (Å²) in [6.07, 6.45) is 0.973. The molecule has 0 radical (unpaired) electrons. The number of nitrogens with one attached hydrogen (secondary N) is 2. The first-order valence-corrected chi connectivity index (χ1v) is 14.4. The summed E-state index contributed by atoms with van der Waals surface area (Å²) < 4.78 is 5.79. The predicted octanol–water partition coefficient (Wildman–Crippen LogP) is 6.48. The largest absolute Gasteiger partial charge is 0.375 e. The molecule has 37 heavy (non-hydrogen) atoms. The van der Waals surface area contributed by atoms with Gasteiger partial charge in [0.25, 0.3) is 0 Å². The minimum atomic E-state index is 0.163. The first kappa shape index (κ1) is 25.6. The van der Waals surface area contributed by atoms with Gasteiger partial charge in [0.05, 0.1) is 12.7 Å². The summed E-state index contributed by atoms with van der Waals surface area (Å²) in [5.74, 6) is 3.48. The predicted molar refractivity (Wildman–Crippen MR) is 152 cm³/mol. The molecular formula is C28H32N6OS2. The zero-order valence-corrected chi connectivity index (χ0v) is 23.0. The minimum absolute atomic E-state index is 0.163. The highest BCUT2D eigenvalue weighted by molar-refractivity contribution is 7.99. The molecule has 4 aromatic rings. The molecule has 1 saturated heterocycles. The van der Waals surface area contributed by atoms with Crippen LogP contribution in [0.15, 0.2) is 75.6 Å². The van der Waals surface area contributed by atoms with E-state index >= 15 is 0 Å². The lowest BCUT2D eigenvalue weighted by Gasteiger charge is -2.33.